The third-order valence-electron chi connectivity index (χ3n) is 4.08. The maximum atomic E-state index is 5.86. The minimum absolute atomic E-state index is 0.196. The first-order valence-corrected chi connectivity index (χ1v) is 9.13. The molecule has 0 spiro atoms. The molecule has 0 amide bonds. The van der Waals surface area contributed by atoms with Crippen molar-refractivity contribution in [3.8, 4) is 0 Å². The molecule has 2 aromatic carbocycles. The van der Waals surface area contributed by atoms with Gasteiger partial charge in [0, 0.05) is 13.2 Å². The molecule has 0 aromatic heterocycles. The van der Waals surface area contributed by atoms with Gasteiger partial charge in [0.15, 0.2) is 0 Å². The average Bonchev–Trinajstić information content (AvgIpc) is 2.65. The summed E-state index contributed by atoms with van der Waals surface area (Å²) in [5.41, 5.74) is 2.42. The minimum Gasteiger partial charge on any atom is -0.378 e. The Morgan fingerprint density at radius 1 is 0.640 bits per heavy atom. The molecule has 25 heavy (non-hydrogen) atoms. The van der Waals surface area contributed by atoms with Crippen LogP contribution in [-0.2, 0) is 27.4 Å². The van der Waals surface area contributed by atoms with Crippen molar-refractivity contribution in [2.45, 2.75) is 52.1 Å². The van der Waals surface area contributed by atoms with Gasteiger partial charge in [-0.05, 0) is 37.8 Å². The van der Waals surface area contributed by atoms with Crippen LogP contribution in [-0.4, -0.2) is 25.4 Å². The Labute approximate surface area is 151 Å². The summed E-state index contributed by atoms with van der Waals surface area (Å²) < 4.78 is 17.4. The van der Waals surface area contributed by atoms with E-state index in [9.17, 15) is 0 Å². The molecule has 0 aliphatic rings. The van der Waals surface area contributed by atoms with Crippen molar-refractivity contribution in [1.29, 1.82) is 0 Å². The molecule has 0 saturated carbocycles. The smallest absolute Gasteiger partial charge is 0.0720 e. The van der Waals surface area contributed by atoms with Crippen molar-refractivity contribution < 1.29 is 14.2 Å². The van der Waals surface area contributed by atoms with E-state index in [0.717, 1.165) is 26.1 Å². The summed E-state index contributed by atoms with van der Waals surface area (Å²) in [7, 11) is 0. The Morgan fingerprint density at radius 2 is 1.16 bits per heavy atom. The molecule has 0 bridgehead atoms. The summed E-state index contributed by atoms with van der Waals surface area (Å²) in [4.78, 5) is 0. The highest BCUT2D eigenvalue weighted by atomic mass is 16.5. The van der Waals surface area contributed by atoms with Crippen LogP contribution in [0.1, 0.15) is 37.8 Å². The third kappa shape index (κ3) is 8.82. The van der Waals surface area contributed by atoms with Crippen LogP contribution in [0.25, 0.3) is 0 Å². The van der Waals surface area contributed by atoms with E-state index in [4.69, 9.17) is 14.2 Å². The summed E-state index contributed by atoms with van der Waals surface area (Å²) in [5.74, 6) is 0. The van der Waals surface area contributed by atoms with Crippen molar-refractivity contribution in [2.24, 2.45) is 0 Å². The molecule has 2 aromatic rings. The zero-order chi connectivity index (χ0) is 17.7. The number of rotatable bonds is 12. The Kier molecular flexibility index (Phi) is 9.27. The van der Waals surface area contributed by atoms with E-state index >= 15 is 0 Å². The molecule has 0 N–H and O–H groups in total. The van der Waals surface area contributed by atoms with Gasteiger partial charge in [0.1, 0.15) is 0 Å². The monoisotopic (exact) mass is 342 g/mol. The molecule has 0 heterocycles. The molecule has 2 unspecified atom stereocenters. The van der Waals surface area contributed by atoms with Crippen molar-refractivity contribution in [1.82, 2.24) is 0 Å². The summed E-state index contributed by atoms with van der Waals surface area (Å²) in [6.45, 7) is 6.95. The number of hydrogen-bond acceptors (Lipinski definition) is 3. The molecule has 2 rings (SSSR count). The lowest BCUT2D eigenvalue weighted by atomic mass is 10.2. The molecule has 2 atom stereocenters. The highest BCUT2D eigenvalue weighted by Crippen LogP contribution is 2.08. The van der Waals surface area contributed by atoms with E-state index in [0.29, 0.717) is 13.2 Å². The first-order valence-electron chi connectivity index (χ1n) is 9.13. The SMILES string of the molecule is CC(CCOCc1ccccc1)OCCC(C)OCc1ccccc1. The molecule has 0 saturated heterocycles. The predicted octanol–water partition coefficient (Wildman–Crippen LogP) is 4.99. The zero-order valence-electron chi connectivity index (χ0n) is 15.4. The number of benzene rings is 2. The van der Waals surface area contributed by atoms with Gasteiger partial charge in [0.25, 0.3) is 0 Å². The van der Waals surface area contributed by atoms with Crippen molar-refractivity contribution in [3.05, 3.63) is 71.8 Å². The first kappa shape index (κ1) is 19.6. The van der Waals surface area contributed by atoms with Crippen LogP contribution in [0, 0.1) is 0 Å². The van der Waals surface area contributed by atoms with Gasteiger partial charge in [-0.3, -0.25) is 0 Å². The van der Waals surface area contributed by atoms with Crippen LogP contribution >= 0.6 is 0 Å². The highest BCUT2D eigenvalue weighted by molar-refractivity contribution is 5.14. The summed E-state index contributed by atoms with van der Waals surface area (Å²) in [5, 5.41) is 0. The summed E-state index contributed by atoms with van der Waals surface area (Å²) in [6.07, 6.45) is 2.22. The van der Waals surface area contributed by atoms with Crippen molar-refractivity contribution in [2.75, 3.05) is 13.2 Å². The molecular weight excluding hydrogens is 312 g/mol. The maximum absolute atomic E-state index is 5.86. The van der Waals surface area contributed by atoms with Gasteiger partial charge in [-0.1, -0.05) is 60.7 Å². The molecule has 0 aliphatic heterocycles. The van der Waals surface area contributed by atoms with Crippen LogP contribution < -0.4 is 0 Å². The summed E-state index contributed by atoms with van der Waals surface area (Å²) >= 11 is 0. The highest BCUT2D eigenvalue weighted by Gasteiger charge is 2.06. The Bertz CT molecular complexity index is 556. The maximum Gasteiger partial charge on any atom is 0.0720 e. The molecule has 0 radical (unpaired) electrons. The van der Waals surface area contributed by atoms with E-state index in [1.54, 1.807) is 0 Å². The average molecular weight is 342 g/mol. The molecule has 0 fully saturated rings. The van der Waals surface area contributed by atoms with E-state index in [2.05, 4.69) is 38.1 Å². The second-order valence-corrected chi connectivity index (χ2v) is 6.40. The van der Waals surface area contributed by atoms with Crippen LogP contribution in [0.2, 0.25) is 0 Å². The van der Waals surface area contributed by atoms with Crippen LogP contribution in [0.15, 0.2) is 60.7 Å². The quantitative estimate of drug-likeness (QED) is 0.508. The predicted molar refractivity (Wildman–Crippen MR) is 101 cm³/mol. The number of ether oxygens (including phenoxy) is 3. The topological polar surface area (TPSA) is 27.7 Å². The summed E-state index contributed by atoms with van der Waals surface area (Å²) in [6, 6.07) is 20.5. The van der Waals surface area contributed by atoms with Crippen molar-refractivity contribution >= 4 is 0 Å². The van der Waals surface area contributed by atoms with Gasteiger partial charge in [-0.25, -0.2) is 0 Å². The Balaban J connectivity index is 1.48. The lowest BCUT2D eigenvalue weighted by Crippen LogP contribution is -2.16. The second-order valence-electron chi connectivity index (χ2n) is 6.40. The fourth-order valence-corrected chi connectivity index (χ4v) is 2.43. The molecular formula is C22H30O3. The lowest BCUT2D eigenvalue weighted by Gasteiger charge is -2.16. The molecule has 0 aliphatic carbocycles. The number of hydrogen-bond donors (Lipinski definition) is 0. The Hall–Kier alpha value is -1.68. The van der Waals surface area contributed by atoms with Crippen LogP contribution in [0.3, 0.4) is 0 Å². The van der Waals surface area contributed by atoms with Gasteiger partial charge in [-0.2, -0.15) is 0 Å². The largest absolute Gasteiger partial charge is 0.378 e. The third-order valence-corrected chi connectivity index (χ3v) is 4.08. The molecule has 3 nitrogen and oxygen atoms in total. The van der Waals surface area contributed by atoms with Gasteiger partial charge in [0.05, 0.1) is 25.4 Å². The molecule has 3 heteroatoms. The van der Waals surface area contributed by atoms with Gasteiger partial charge >= 0.3 is 0 Å². The fraction of sp³-hybridized carbons (Fsp3) is 0.455. The van der Waals surface area contributed by atoms with E-state index < -0.39 is 0 Å². The normalized spacial score (nSPS) is 13.5. The van der Waals surface area contributed by atoms with E-state index in [-0.39, 0.29) is 12.2 Å². The molecule has 136 valence electrons. The van der Waals surface area contributed by atoms with Gasteiger partial charge in [-0.15, -0.1) is 0 Å². The van der Waals surface area contributed by atoms with E-state index in [1.165, 1.54) is 11.1 Å². The first-order chi connectivity index (χ1) is 12.2. The zero-order valence-corrected chi connectivity index (χ0v) is 15.4. The van der Waals surface area contributed by atoms with Crippen LogP contribution in [0.5, 0.6) is 0 Å². The minimum atomic E-state index is 0.196. The van der Waals surface area contributed by atoms with Crippen LogP contribution in [0.4, 0.5) is 0 Å². The fourth-order valence-electron chi connectivity index (χ4n) is 2.43. The lowest BCUT2D eigenvalue weighted by molar-refractivity contribution is -0.00722. The standard InChI is InChI=1S/C22H30O3/c1-19(13-15-23-17-21-9-5-3-6-10-21)24-16-14-20(2)25-18-22-11-7-4-8-12-22/h3-12,19-20H,13-18H2,1-2H3. The van der Waals surface area contributed by atoms with Crippen molar-refractivity contribution in [3.63, 3.8) is 0 Å². The Morgan fingerprint density at radius 3 is 1.80 bits per heavy atom. The second kappa shape index (κ2) is 11.8. The van der Waals surface area contributed by atoms with E-state index in [1.807, 2.05) is 36.4 Å². The van der Waals surface area contributed by atoms with Gasteiger partial charge < -0.3 is 14.2 Å². The van der Waals surface area contributed by atoms with Gasteiger partial charge in [0.2, 0.25) is 0 Å².